The summed E-state index contributed by atoms with van der Waals surface area (Å²) in [5.74, 6) is -2.60. The molecule has 0 aliphatic rings. The molecule has 44 heavy (non-hydrogen) atoms. The van der Waals surface area contributed by atoms with Gasteiger partial charge in [0.05, 0.1) is 6.20 Å². The Morgan fingerprint density at radius 3 is 1.84 bits per heavy atom. The molecule has 0 radical (unpaired) electrons. The van der Waals surface area contributed by atoms with E-state index in [0.29, 0.717) is 16.8 Å². The summed E-state index contributed by atoms with van der Waals surface area (Å²) in [6.07, 6.45) is 4.77. The van der Waals surface area contributed by atoms with Crippen LogP contribution in [0.1, 0.15) is 27.2 Å². The highest BCUT2D eigenvalue weighted by atomic mass is 19.1. The highest BCUT2D eigenvalue weighted by Crippen LogP contribution is 2.43. The Balaban J connectivity index is 1.59. The van der Waals surface area contributed by atoms with Crippen LogP contribution >= 0.6 is 0 Å². The average molecular weight is 583 g/mol. The summed E-state index contributed by atoms with van der Waals surface area (Å²) in [7, 11) is 0. The van der Waals surface area contributed by atoms with E-state index in [1.54, 1.807) is 18.3 Å². The minimum absolute atomic E-state index is 0.0176. The van der Waals surface area contributed by atoms with Gasteiger partial charge in [0.15, 0.2) is 5.69 Å². The first-order valence-corrected chi connectivity index (χ1v) is 13.9. The van der Waals surface area contributed by atoms with E-state index in [2.05, 4.69) is 4.98 Å². The number of fused-ring (bicyclic) bond motifs is 1. The van der Waals surface area contributed by atoms with Crippen LogP contribution in [0.4, 0.5) is 8.78 Å². The van der Waals surface area contributed by atoms with Crippen LogP contribution in [0.15, 0.2) is 140 Å². The summed E-state index contributed by atoms with van der Waals surface area (Å²) in [6, 6.07) is 36.6. The van der Waals surface area contributed by atoms with Crippen LogP contribution in [-0.4, -0.2) is 30.2 Å². The summed E-state index contributed by atoms with van der Waals surface area (Å²) in [4.78, 5) is 16.1. The second-order valence-corrected chi connectivity index (χ2v) is 10.4. The van der Waals surface area contributed by atoms with Gasteiger partial charge in [0.2, 0.25) is 0 Å². The largest absolute Gasteiger partial charge is 0.477 e. The number of benzene rings is 4. The molecule has 214 valence electrons. The lowest BCUT2D eigenvalue weighted by molar-refractivity contribution is 0.0689. The molecule has 3 heterocycles. The lowest BCUT2D eigenvalue weighted by atomic mass is 9.77. The molecule has 0 unspecified atom stereocenters. The monoisotopic (exact) mass is 582 g/mol. The van der Waals surface area contributed by atoms with Crippen molar-refractivity contribution >= 4 is 11.6 Å². The maximum absolute atomic E-state index is 15.5. The lowest BCUT2D eigenvalue weighted by Crippen LogP contribution is -2.38. The number of aromatic nitrogens is 4. The smallest absolute Gasteiger partial charge is 0.354 e. The van der Waals surface area contributed by atoms with Crippen LogP contribution in [0.25, 0.3) is 28.0 Å². The number of hydrogen-bond donors (Lipinski definition) is 1. The van der Waals surface area contributed by atoms with Gasteiger partial charge in [0.1, 0.15) is 28.5 Å². The molecule has 0 fully saturated rings. The number of imidazole rings is 1. The molecule has 0 spiro atoms. The Morgan fingerprint density at radius 1 is 0.705 bits per heavy atom. The number of carboxylic acid groups (broad SMARTS) is 1. The minimum atomic E-state index is -1.13. The van der Waals surface area contributed by atoms with Crippen molar-refractivity contribution < 1.29 is 18.7 Å². The van der Waals surface area contributed by atoms with Gasteiger partial charge in [-0.3, -0.25) is 9.08 Å². The van der Waals surface area contributed by atoms with Crippen molar-refractivity contribution in [2.45, 2.75) is 5.54 Å². The molecule has 0 aliphatic carbocycles. The van der Waals surface area contributed by atoms with Crippen LogP contribution in [0.3, 0.4) is 0 Å². The molecule has 0 amide bonds. The second-order valence-electron chi connectivity index (χ2n) is 10.4. The average Bonchev–Trinajstić information content (AvgIpc) is 3.68. The van der Waals surface area contributed by atoms with Gasteiger partial charge < -0.3 is 5.11 Å². The summed E-state index contributed by atoms with van der Waals surface area (Å²) in [5, 5.41) is 14.8. The molecule has 7 aromatic rings. The number of nitrogens with zero attached hydrogens (tertiary/aromatic N) is 4. The van der Waals surface area contributed by atoms with E-state index in [1.807, 2.05) is 102 Å². The van der Waals surface area contributed by atoms with Crippen LogP contribution in [0, 0.1) is 11.6 Å². The van der Waals surface area contributed by atoms with Gasteiger partial charge in [-0.25, -0.2) is 18.6 Å². The molecule has 0 saturated heterocycles. The SMILES string of the molecule is O=C(O)c1cnc2ccc(-c3cn(C(c4ccccc4)(c4ccccc4)c4ccccc4)nc3-c3ccc(F)cc3F)cn12. The fourth-order valence-electron chi connectivity index (χ4n) is 5.87. The van der Waals surface area contributed by atoms with Crippen molar-refractivity contribution in [3.63, 3.8) is 0 Å². The zero-order valence-corrected chi connectivity index (χ0v) is 23.2. The van der Waals surface area contributed by atoms with Gasteiger partial charge in [0.25, 0.3) is 0 Å². The molecule has 4 aromatic carbocycles. The van der Waals surface area contributed by atoms with E-state index in [0.717, 1.165) is 22.8 Å². The van der Waals surface area contributed by atoms with E-state index < -0.39 is 23.1 Å². The highest BCUT2D eigenvalue weighted by molar-refractivity contribution is 5.87. The highest BCUT2D eigenvalue weighted by Gasteiger charge is 2.40. The zero-order chi connectivity index (χ0) is 30.3. The summed E-state index contributed by atoms with van der Waals surface area (Å²) < 4.78 is 32.9. The summed E-state index contributed by atoms with van der Waals surface area (Å²) >= 11 is 0. The fraction of sp³-hybridized carbons (Fsp3) is 0.0278. The number of carboxylic acids is 1. The number of halogens is 2. The van der Waals surface area contributed by atoms with Gasteiger partial charge >= 0.3 is 5.97 Å². The van der Waals surface area contributed by atoms with Gasteiger partial charge in [-0.2, -0.15) is 5.10 Å². The Hall–Kier alpha value is -5.89. The first-order valence-electron chi connectivity index (χ1n) is 13.9. The molecular formula is C36H24F2N4O2. The molecule has 0 bridgehead atoms. The molecule has 0 atom stereocenters. The number of aromatic carboxylic acids is 1. The third-order valence-electron chi connectivity index (χ3n) is 7.85. The fourth-order valence-corrected chi connectivity index (χ4v) is 5.87. The van der Waals surface area contributed by atoms with Crippen LogP contribution in [0.5, 0.6) is 0 Å². The number of hydrogen-bond acceptors (Lipinski definition) is 3. The molecule has 0 aliphatic heterocycles. The summed E-state index contributed by atoms with van der Waals surface area (Å²) in [6.45, 7) is 0. The van der Waals surface area contributed by atoms with Crippen molar-refractivity contribution in [2.24, 2.45) is 0 Å². The minimum Gasteiger partial charge on any atom is -0.477 e. The molecule has 6 nitrogen and oxygen atoms in total. The standard InChI is InChI=1S/C36H24F2N4O2/c37-28-17-18-29(31(38)20-28)34-30(24-16-19-33-39-21-32(35(43)44)41(33)22-24)23-42(40-34)36(25-10-4-1-5-11-25,26-12-6-2-7-13-26)27-14-8-3-9-15-27/h1-23H,(H,43,44). The van der Waals surface area contributed by atoms with Crippen molar-refractivity contribution in [1.29, 1.82) is 0 Å². The quantitative estimate of drug-likeness (QED) is 0.196. The summed E-state index contributed by atoms with van der Waals surface area (Å²) in [5.41, 5.74) is 3.64. The Labute approximate surface area is 251 Å². The maximum atomic E-state index is 15.5. The van der Waals surface area contributed by atoms with E-state index >= 15 is 4.39 Å². The second kappa shape index (κ2) is 10.7. The predicted molar refractivity (Wildman–Crippen MR) is 163 cm³/mol. The van der Waals surface area contributed by atoms with Crippen LogP contribution in [-0.2, 0) is 5.54 Å². The molecule has 0 saturated carbocycles. The molecule has 1 N–H and O–H groups in total. The van der Waals surface area contributed by atoms with Crippen molar-refractivity contribution in [3.05, 3.63) is 174 Å². The van der Waals surface area contributed by atoms with E-state index in [9.17, 15) is 14.3 Å². The van der Waals surface area contributed by atoms with E-state index in [4.69, 9.17) is 5.10 Å². The molecule has 7 rings (SSSR count). The van der Waals surface area contributed by atoms with Gasteiger partial charge in [-0.1, -0.05) is 91.0 Å². The van der Waals surface area contributed by atoms with Gasteiger partial charge in [-0.05, 0) is 41.0 Å². The molecule has 8 heteroatoms. The topological polar surface area (TPSA) is 72.4 Å². The molecule has 3 aromatic heterocycles. The lowest BCUT2D eigenvalue weighted by Gasteiger charge is -2.36. The van der Waals surface area contributed by atoms with E-state index in [1.165, 1.54) is 22.7 Å². The zero-order valence-electron chi connectivity index (χ0n) is 23.2. The predicted octanol–water partition coefficient (Wildman–Crippen LogP) is 7.68. The van der Waals surface area contributed by atoms with Crippen molar-refractivity contribution in [1.82, 2.24) is 19.2 Å². The van der Waals surface area contributed by atoms with Gasteiger partial charge in [-0.15, -0.1) is 0 Å². The number of carbonyl (C=O) groups is 1. The first-order chi connectivity index (χ1) is 21.5. The van der Waals surface area contributed by atoms with E-state index in [-0.39, 0.29) is 17.0 Å². The Kier molecular flexibility index (Phi) is 6.59. The third kappa shape index (κ3) is 4.35. The Morgan fingerprint density at radius 2 is 1.30 bits per heavy atom. The van der Waals surface area contributed by atoms with Crippen LogP contribution in [0.2, 0.25) is 0 Å². The molecular weight excluding hydrogens is 558 g/mol. The van der Waals surface area contributed by atoms with Crippen molar-refractivity contribution in [3.8, 4) is 22.4 Å². The Bertz CT molecular complexity index is 2030. The first kappa shape index (κ1) is 27.0. The van der Waals surface area contributed by atoms with Crippen LogP contribution < -0.4 is 0 Å². The normalized spacial score (nSPS) is 11.6. The van der Waals surface area contributed by atoms with Crippen molar-refractivity contribution in [2.75, 3.05) is 0 Å². The number of rotatable bonds is 7. The third-order valence-corrected chi connectivity index (χ3v) is 7.85. The van der Waals surface area contributed by atoms with Gasteiger partial charge in [0, 0.05) is 35.2 Å². The maximum Gasteiger partial charge on any atom is 0.354 e. The number of pyridine rings is 1.